The van der Waals surface area contributed by atoms with Crippen LogP contribution in [0.4, 0.5) is 0 Å². The van der Waals surface area contributed by atoms with Crippen LogP contribution in [0.2, 0.25) is 0 Å². The number of rotatable bonds is 5. The summed E-state index contributed by atoms with van der Waals surface area (Å²) in [4.78, 5) is 0.0787. The minimum absolute atomic E-state index is 0.0787. The van der Waals surface area contributed by atoms with Gasteiger partial charge in [0, 0.05) is 6.07 Å². The van der Waals surface area contributed by atoms with E-state index in [4.69, 9.17) is 4.18 Å². The van der Waals surface area contributed by atoms with E-state index < -0.39 is 10.1 Å². The summed E-state index contributed by atoms with van der Waals surface area (Å²) >= 11 is 0. The lowest BCUT2D eigenvalue weighted by Crippen LogP contribution is -2.10. The second-order valence-corrected chi connectivity index (χ2v) is 7.23. The van der Waals surface area contributed by atoms with Crippen molar-refractivity contribution >= 4 is 10.1 Å². The second-order valence-electron chi connectivity index (χ2n) is 5.68. The standard InChI is InChI=1S/C19H14N4O3S/c24-27(25,19-11-9-16(10-12-19)15-5-2-1-3-6-15)26-18-8-4-7-17(13-18)23-14-20-21-22-23/h1-14H. The first kappa shape index (κ1) is 16.9. The molecule has 1 heterocycles. The van der Waals surface area contributed by atoms with Gasteiger partial charge in [-0.25, -0.2) is 4.68 Å². The van der Waals surface area contributed by atoms with Crippen molar-refractivity contribution in [2.75, 3.05) is 0 Å². The zero-order valence-corrected chi connectivity index (χ0v) is 14.8. The normalized spacial score (nSPS) is 11.3. The lowest BCUT2D eigenvalue weighted by molar-refractivity contribution is 0.486. The molecular weight excluding hydrogens is 364 g/mol. The molecule has 0 unspecified atom stereocenters. The quantitative estimate of drug-likeness (QED) is 0.496. The van der Waals surface area contributed by atoms with Gasteiger partial charge >= 0.3 is 10.1 Å². The van der Waals surface area contributed by atoms with Crippen LogP contribution in [0.5, 0.6) is 5.75 Å². The lowest BCUT2D eigenvalue weighted by Gasteiger charge is -2.09. The topological polar surface area (TPSA) is 87.0 Å². The van der Waals surface area contributed by atoms with Crippen LogP contribution in [-0.4, -0.2) is 28.6 Å². The highest BCUT2D eigenvalue weighted by molar-refractivity contribution is 7.87. The van der Waals surface area contributed by atoms with Crippen LogP contribution in [-0.2, 0) is 10.1 Å². The van der Waals surface area contributed by atoms with Crippen molar-refractivity contribution in [3.63, 3.8) is 0 Å². The molecule has 3 aromatic carbocycles. The molecule has 0 bridgehead atoms. The van der Waals surface area contributed by atoms with E-state index in [1.165, 1.54) is 23.1 Å². The first-order valence-corrected chi connectivity index (χ1v) is 9.46. The van der Waals surface area contributed by atoms with Crippen molar-refractivity contribution in [3.8, 4) is 22.6 Å². The van der Waals surface area contributed by atoms with Crippen molar-refractivity contribution < 1.29 is 12.6 Å². The summed E-state index contributed by atoms with van der Waals surface area (Å²) in [7, 11) is -3.96. The molecule has 0 radical (unpaired) electrons. The molecule has 0 amide bonds. The zero-order valence-electron chi connectivity index (χ0n) is 14.0. The first-order valence-electron chi connectivity index (χ1n) is 8.05. The Morgan fingerprint density at radius 2 is 1.56 bits per heavy atom. The Balaban J connectivity index is 1.58. The third-order valence-electron chi connectivity index (χ3n) is 3.89. The molecule has 0 saturated carbocycles. The Bertz CT molecular complexity index is 1140. The minimum Gasteiger partial charge on any atom is -0.379 e. The summed E-state index contributed by atoms with van der Waals surface area (Å²) in [6, 6.07) is 22.8. The Morgan fingerprint density at radius 1 is 0.815 bits per heavy atom. The van der Waals surface area contributed by atoms with Crippen molar-refractivity contribution in [2.45, 2.75) is 4.90 Å². The Hall–Kier alpha value is -3.52. The number of aromatic nitrogens is 4. The molecule has 1 aromatic heterocycles. The van der Waals surface area contributed by atoms with Crippen LogP contribution in [0.1, 0.15) is 0 Å². The summed E-state index contributed by atoms with van der Waals surface area (Å²) in [5.74, 6) is 0.176. The maximum atomic E-state index is 12.6. The van der Waals surface area contributed by atoms with Crippen LogP contribution in [0.3, 0.4) is 0 Å². The van der Waals surface area contributed by atoms with Crippen molar-refractivity contribution in [3.05, 3.63) is 85.2 Å². The van der Waals surface area contributed by atoms with Gasteiger partial charge in [0.2, 0.25) is 0 Å². The molecule has 27 heavy (non-hydrogen) atoms. The van der Waals surface area contributed by atoms with Gasteiger partial charge in [0.25, 0.3) is 0 Å². The molecule has 0 saturated heterocycles. The van der Waals surface area contributed by atoms with E-state index in [0.29, 0.717) is 5.69 Å². The molecule has 0 spiro atoms. The molecule has 0 atom stereocenters. The second kappa shape index (κ2) is 7.00. The number of benzene rings is 3. The van der Waals surface area contributed by atoms with Gasteiger partial charge in [-0.1, -0.05) is 48.5 Å². The van der Waals surface area contributed by atoms with Crippen LogP contribution in [0.15, 0.2) is 90.1 Å². The van der Waals surface area contributed by atoms with Crippen LogP contribution in [0.25, 0.3) is 16.8 Å². The van der Waals surface area contributed by atoms with Crippen LogP contribution >= 0.6 is 0 Å². The molecule has 0 fully saturated rings. The average Bonchev–Trinajstić information content (AvgIpc) is 3.24. The average molecular weight is 378 g/mol. The molecule has 4 rings (SSSR count). The summed E-state index contributed by atoms with van der Waals surface area (Å²) in [6.07, 6.45) is 1.41. The molecule has 7 nitrogen and oxygen atoms in total. The Kier molecular flexibility index (Phi) is 4.39. The third-order valence-corrected chi connectivity index (χ3v) is 5.15. The summed E-state index contributed by atoms with van der Waals surface area (Å²) in [6.45, 7) is 0. The van der Waals surface area contributed by atoms with E-state index >= 15 is 0 Å². The van der Waals surface area contributed by atoms with E-state index in [0.717, 1.165) is 11.1 Å². The summed E-state index contributed by atoms with van der Waals surface area (Å²) in [5, 5.41) is 10.9. The van der Waals surface area contributed by atoms with Gasteiger partial charge in [-0.3, -0.25) is 0 Å². The Morgan fingerprint density at radius 3 is 2.26 bits per heavy atom. The highest BCUT2D eigenvalue weighted by Crippen LogP contribution is 2.24. The number of nitrogens with zero attached hydrogens (tertiary/aromatic N) is 4. The largest absolute Gasteiger partial charge is 0.379 e. The SMILES string of the molecule is O=S(=O)(Oc1cccc(-n2cnnn2)c1)c1ccc(-c2ccccc2)cc1. The third kappa shape index (κ3) is 3.70. The fraction of sp³-hybridized carbons (Fsp3) is 0. The predicted molar refractivity (Wildman–Crippen MR) is 98.8 cm³/mol. The molecule has 0 aliphatic carbocycles. The van der Waals surface area contributed by atoms with E-state index in [9.17, 15) is 8.42 Å². The summed E-state index contributed by atoms with van der Waals surface area (Å²) < 4.78 is 31.8. The van der Waals surface area contributed by atoms with E-state index in [1.807, 2.05) is 30.3 Å². The molecule has 0 aliphatic rings. The molecule has 0 N–H and O–H groups in total. The highest BCUT2D eigenvalue weighted by atomic mass is 32.2. The smallest absolute Gasteiger partial charge is 0.339 e. The molecule has 8 heteroatoms. The molecule has 134 valence electrons. The van der Waals surface area contributed by atoms with Crippen molar-refractivity contribution in [1.29, 1.82) is 0 Å². The fourth-order valence-corrected chi connectivity index (χ4v) is 3.50. The maximum Gasteiger partial charge on any atom is 0.339 e. The predicted octanol–water partition coefficient (Wildman–Crippen LogP) is 3.10. The van der Waals surface area contributed by atoms with E-state index in [1.54, 1.807) is 36.4 Å². The highest BCUT2D eigenvalue weighted by Gasteiger charge is 2.17. The van der Waals surface area contributed by atoms with Gasteiger partial charge < -0.3 is 4.18 Å². The maximum absolute atomic E-state index is 12.6. The van der Waals surface area contributed by atoms with Gasteiger partial charge in [0.1, 0.15) is 17.0 Å². The number of tetrazole rings is 1. The van der Waals surface area contributed by atoms with E-state index in [-0.39, 0.29) is 10.6 Å². The molecular formula is C19H14N4O3S. The van der Waals surface area contributed by atoms with Crippen molar-refractivity contribution in [1.82, 2.24) is 20.2 Å². The van der Waals surface area contributed by atoms with E-state index in [2.05, 4.69) is 15.5 Å². The number of hydrogen-bond acceptors (Lipinski definition) is 6. The molecule has 4 aromatic rings. The fourth-order valence-electron chi connectivity index (χ4n) is 2.58. The molecule has 0 aliphatic heterocycles. The first-order chi connectivity index (χ1) is 13.1. The Labute approximate surface area is 156 Å². The van der Waals surface area contributed by atoms with Gasteiger partial charge in [-0.15, -0.1) is 5.10 Å². The van der Waals surface area contributed by atoms with Gasteiger partial charge in [0.05, 0.1) is 5.69 Å². The van der Waals surface area contributed by atoms with Gasteiger partial charge in [-0.2, -0.15) is 8.42 Å². The van der Waals surface area contributed by atoms with Gasteiger partial charge in [0.15, 0.2) is 0 Å². The van der Waals surface area contributed by atoms with Crippen LogP contribution < -0.4 is 4.18 Å². The van der Waals surface area contributed by atoms with Gasteiger partial charge in [-0.05, 0) is 45.8 Å². The lowest BCUT2D eigenvalue weighted by atomic mass is 10.1. The number of hydrogen-bond donors (Lipinski definition) is 0. The van der Waals surface area contributed by atoms with Crippen LogP contribution in [0, 0.1) is 0 Å². The monoisotopic (exact) mass is 378 g/mol. The van der Waals surface area contributed by atoms with Crippen molar-refractivity contribution in [2.24, 2.45) is 0 Å². The zero-order chi connectivity index (χ0) is 18.7. The summed E-state index contributed by atoms with van der Waals surface area (Å²) in [5.41, 5.74) is 2.53. The minimum atomic E-state index is -3.96.